The normalized spacial score (nSPS) is 13.6. The fraction of sp³-hybridized carbons (Fsp3) is 0.0930. The summed E-state index contributed by atoms with van der Waals surface area (Å²) in [5.41, 5.74) is 24.7. The number of para-hydroxylation sites is 3. The molecule has 2 aromatic heterocycles. The summed E-state index contributed by atoms with van der Waals surface area (Å²) in [6, 6.07) is 95.5. The second-order valence-corrected chi connectivity index (χ2v) is 26.6. The van der Waals surface area contributed by atoms with Crippen molar-refractivity contribution in [1.82, 2.24) is 9.13 Å². The van der Waals surface area contributed by atoms with Crippen molar-refractivity contribution >= 4 is 101 Å². The van der Waals surface area contributed by atoms with E-state index in [4.69, 9.17) is 4.11 Å². The van der Waals surface area contributed by atoms with Gasteiger partial charge >= 0.3 is 0 Å². The van der Waals surface area contributed by atoms with E-state index in [9.17, 15) is 2.74 Å². The van der Waals surface area contributed by atoms with Gasteiger partial charge in [0, 0.05) is 66.9 Å². The summed E-state index contributed by atoms with van der Waals surface area (Å²) in [4.78, 5) is 4.97. The molecule has 91 heavy (non-hydrogen) atoms. The van der Waals surface area contributed by atoms with E-state index in [1.165, 1.54) is 16.3 Å². The summed E-state index contributed by atoms with van der Waals surface area (Å²) in [6.45, 7) is 13.4. The van der Waals surface area contributed by atoms with Crippen LogP contribution in [0.15, 0.2) is 297 Å². The van der Waals surface area contributed by atoms with Gasteiger partial charge in [-0.05, 0) is 174 Å². The molecule has 0 saturated heterocycles. The first kappa shape index (κ1) is 49.1. The van der Waals surface area contributed by atoms with Crippen molar-refractivity contribution in [2.45, 2.75) is 52.4 Å². The molecule has 0 spiro atoms. The zero-order valence-electron chi connectivity index (χ0n) is 56.8. The van der Waals surface area contributed by atoms with Gasteiger partial charge in [0.25, 0.3) is 6.71 Å². The van der Waals surface area contributed by atoms with Crippen LogP contribution >= 0.6 is 0 Å². The van der Waals surface area contributed by atoms with Gasteiger partial charge in [0.2, 0.25) is 0 Å². The Labute approximate surface area is 540 Å². The second-order valence-electron chi connectivity index (χ2n) is 26.6. The van der Waals surface area contributed by atoms with Crippen LogP contribution in [0, 0.1) is 0 Å². The van der Waals surface area contributed by atoms with Crippen molar-refractivity contribution in [3.05, 3.63) is 308 Å². The first-order valence-corrected chi connectivity index (χ1v) is 31.6. The highest BCUT2D eigenvalue weighted by Crippen LogP contribution is 2.51. The van der Waals surface area contributed by atoms with Gasteiger partial charge in [-0.15, -0.1) is 0 Å². The molecule has 13 aromatic carbocycles. The van der Waals surface area contributed by atoms with Crippen molar-refractivity contribution in [2.24, 2.45) is 0 Å². The monoisotopic (exact) mass is 1170 g/mol. The van der Waals surface area contributed by atoms with E-state index in [1.54, 1.807) is 0 Å². The maximum Gasteiger partial charge on any atom is 0.252 e. The van der Waals surface area contributed by atoms with E-state index in [1.807, 2.05) is 6.07 Å². The first-order valence-electron chi connectivity index (χ1n) is 34.1. The van der Waals surface area contributed by atoms with Crippen LogP contribution in [-0.4, -0.2) is 15.8 Å². The predicted molar refractivity (Wildman–Crippen MR) is 388 cm³/mol. The molecule has 0 saturated carbocycles. The Morgan fingerprint density at radius 3 is 1.36 bits per heavy atom. The van der Waals surface area contributed by atoms with Gasteiger partial charge in [-0.25, -0.2) is 0 Å². The lowest BCUT2D eigenvalue weighted by Crippen LogP contribution is -2.61. The van der Waals surface area contributed by atoms with E-state index < -0.39 is 6.04 Å². The van der Waals surface area contributed by atoms with Gasteiger partial charge in [-0.1, -0.05) is 242 Å². The molecule has 15 aromatic rings. The van der Waals surface area contributed by atoms with Crippen molar-refractivity contribution < 1.29 is 6.85 Å². The molecule has 4 heterocycles. The largest absolute Gasteiger partial charge is 0.311 e. The third-order valence-corrected chi connectivity index (χ3v) is 19.0. The molecule has 0 bridgehead atoms. The lowest BCUT2D eigenvalue weighted by molar-refractivity contribution is 0.590. The van der Waals surface area contributed by atoms with Crippen LogP contribution < -0.4 is 26.2 Å². The molecular weight excluding hydrogens is 1100 g/mol. The maximum absolute atomic E-state index is 9.41. The lowest BCUT2D eigenvalue weighted by Gasteiger charge is -2.46. The molecule has 2 aliphatic heterocycles. The van der Waals surface area contributed by atoms with E-state index in [-0.39, 0.29) is 47.3 Å². The van der Waals surface area contributed by atoms with Crippen molar-refractivity contribution in [3.63, 3.8) is 0 Å². The molecule has 434 valence electrons. The summed E-state index contributed by atoms with van der Waals surface area (Å²) in [5.74, 6) is 0. The number of fused-ring (bicyclic) bond motifs is 10. The van der Waals surface area contributed by atoms with Crippen LogP contribution in [0.2, 0.25) is 0 Å². The van der Waals surface area contributed by atoms with E-state index in [2.05, 4.69) is 321 Å². The molecular formula is C86H67BN4. The number of benzene rings is 13. The van der Waals surface area contributed by atoms with Crippen molar-refractivity contribution in [3.8, 4) is 55.9 Å². The Balaban J connectivity index is 0.979. The van der Waals surface area contributed by atoms with Crippen molar-refractivity contribution in [1.29, 1.82) is 0 Å². The summed E-state index contributed by atoms with van der Waals surface area (Å²) >= 11 is 0. The van der Waals surface area contributed by atoms with Crippen LogP contribution in [-0.2, 0) is 10.8 Å². The summed E-state index contributed by atoms with van der Waals surface area (Å²) in [6.07, 6.45) is 0. The molecule has 0 unspecified atom stereocenters. The SMILES string of the molecule is [2H]c1c([2H])c([2H])c(-c2ccc3c(c2)N(c2cc(-c4ccccc4)cc(-c4ccccc4)c2)c2cc(C(C)(C)C)cc4c2B3c2ccc(-n3c5ccccc5c5cc(-n6c7ccccc7c7ccccc76)ccc53)cc2N4c2ccc(C(C)(C)C)cc2-c2ccccc2)c([2H])c1[2H]. The zero-order valence-corrected chi connectivity index (χ0v) is 51.8. The van der Waals surface area contributed by atoms with Gasteiger partial charge in [-0.3, -0.25) is 0 Å². The smallest absolute Gasteiger partial charge is 0.252 e. The highest BCUT2D eigenvalue weighted by Gasteiger charge is 2.45. The quantitative estimate of drug-likeness (QED) is 0.141. The summed E-state index contributed by atoms with van der Waals surface area (Å²) in [5, 5.41) is 4.74. The maximum atomic E-state index is 9.41. The minimum absolute atomic E-state index is 0.155. The Hall–Kier alpha value is -10.9. The zero-order chi connectivity index (χ0) is 65.6. The second kappa shape index (κ2) is 20.9. The van der Waals surface area contributed by atoms with Crippen LogP contribution in [0.25, 0.3) is 99.5 Å². The van der Waals surface area contributed by atoms with E-state index in [0.29, 0.717) is 5.56 Å². The van der Waals surface area contributed by atoms with Crippen LogP contribution in [0.3, 0.4) is 0 Å². The highest BCUT2D eigenvalue weighted by molar-refractivity contribution is 7.00. The molecule has 0 radical (unpaired) electrons. The third kappa shape index (κ3) is 8.89. The van der Waals surface area contributed by atoms with Crippen LogP contribution in [0.1, 0.15) is 59.5 Å². The standard InChI is InChI=1S/C86H67BN4/c1-85(2,3)63-40-45-78(71(51-63)59-31-17-10-18-32-59)91-81-55-66(89-77-38-24-21-35-70(77)72-54-65(42-46-79(72)89)88-75-36-22-19-33-68(75)69-34-20-23-37-76(69)88)41-44-74(81)87-73-43-39-60(56-25-11-7-12-26-56)50-80(73)90(82-52-64(86(4,5)6)53-83(91)84(82)87)67-48-61(57-27-13-8-14-28-57)47-62(49-67)58-29-15-9-16-30-58/h7-55H,1-6H3/i7D,11D,12D,25D,26D. The third-order valence-electron chi connectivity index (χ3n) is 19.0. The minimum atomic E-state index is -0.424. The Morgan fingerprint density at radius 1 is 0.297 bits per heavy atom. The lowest BCUT2D eigenvalue weighted by atomic mass is 9.33. The highest BCUT2D eigenvalue weighted by atomic mass is 15.2. The number of aromatic nitrogens is 2. The van der Waals surface area contributed by atoms with Gasteiger partial charge in [0.15, 0.2) is 0 Å². The Morgan fingerprint density at radius 2 is 0.780 bits per heavy atom. The van der Waals surface area contributed by atoms with Crippen LogP contribution in [0.4, 0.5) is 34.1 Å². The molecule has 0 N–H and O–H groups in total. The van der Waals surface area contributed by atoms with E-state index in [0.717, 1.165) is 134 Å². The fourth-order valence-corrected chi connectivity index (χ4v) is 14.6. The predicted octanol–water partition coefficient (Wildman–Crippen LogP) is 21.2. The number of anilines is 6. The Bertz CT molecular complexity index is 5570. The molecule has 0 aliphatic carbocycles. The molecule has 5 heteroatoms. The molecule has 4 nitrogen and oxygen atoms in total. The van der Waals surface area contributed by atoms with Crippen molar-refractivity contribution in [2.75, 3.05) is 9.80 Å². The molecule has 2 aliphatic rings. The topological polar surface area (TPSA) is 16.3 Å². The molecule has 0 atom stereocenters. The summed E-state index contributed by atoms with van der Waals surface area (Å²) < 4.78 is 50.2. The minimum Gasteiger partial charge on any atom is -0.311 e. The summed E-state index contributed by atoms with van der Waals surface area (Å²) in [7, 11) is 0. The molecule has 0 fully saturated rings. The number of hydrogen-bond donors (Lipinski definition) is 0. The molecule has 0 amide bonds. The van der Waals surface area contributed by atoms with Gasteiger partial charge in [0.05, 0.1) is 34.6 Å². The average Bonchev–Trinajstić information content (AvgIpc) is 0.805. The van der Waals surface area contributed by atoms with E-state index >= 15 is 0 Å². The number of nitrogens with zero attached hydrogens (tertiary/aromatic N) is 4. The number of hydrogen-bond acceptors (Lipinski definition) is 2. The van der Waals surface area contributed by atoms with Gasteiger partial charge in [0.1, 0.15) is 0 Å². The average molecular weight is 1170 g/mol. The van der Waals surface area contributed by atoms with Gasteiger partial charge < -0.3 is 18.9 Å². The molecule has 17 rings (SSSR count). The van der Waals surface area contributed by atoms with Crippen LogP contribution in [0.5, 0.6) is 0 Å². The number of rotatable bonds is 8. The first-order chi connectivity index (χ1) is 46.5. The fourth-order valence-electron chi connectivity index (χ4n) is 14.6. The Kier molecular flexibility index (Phi) is 11.2. The van der Waals surface area contributed by atoms with Gasteiger partial charge in [-0.2, -0.15) is 0 Å².